The molecule has 0 heterocycles. The molecule has 1 aromatic rings. The number of carbonyl (C=O) groups is 1. The van der Waals surface area contributed by atoms with Gasteiger partial charge < -0.3 is 10.5 Å². The molecule has 8 atom stereocenters. The SMILES string of the molecule is C=C(C)[C@@H]1CC[C@]2(N)CC=C3[C@H](CC[C@@H]4[C@@]5(C)CC=C(c6ccc(C(=O)OC)cc6)C(C)(C)[C@@H]5CC[C@@]34C)[C@@H]12. The lowest BCUT2D eigenvalue weighted by Crippen LogP contribution is -2.60. The summed E-state index contributed by atoms with van der Waals surface area (Å²) >= 11 is 0. The van der Waals surface area contributed by atoms with Gasteiger partial charge in [0.05, 0.1) is 12.7 Å². The van der Waals surface area contributed by atoms with Crippen LogP contribution in [0.4, 0.5) is 0 Å². The Kier molecular flexibility index (Phi) is 6.20. The van der Waals surface area contributed by atoms with E-state index in [1.54, 1.807) is 5.57 Å². The molecule has 0 bridgehead atoms. The highest BCUT2D eigenvalue weighted by molar-refractivity contribution is 5.89. The molecule has 3 heteroatoms. The van der Waals surface area contributed by atoms with Gasteiger partial charge in [0.1, 0.15) is 0 Å². The fourth-order valence-corrected chi connectivity index (χ4v) is 11.2. The summed E-state index contributed by atoms with van der Waals surface area (Å²) in [6.45, 7) is 16.9. The Hall–Kier alpha value is -2.13. The van der Waals surface area contributed by atoms with Crippen LogP contribution in [0.1, 0.15) is 102 Å². The highest BCUT2D eigenvalue weighted by Crippen LogP contribution is 2.72. The molecule has 0 saturated heterocycles. The number of nitrogens with two attached hydrogens (primary N) is 1. The summed E-state index contributed by atoms with van der Waals surface area (Å²) in [7, 11) is 1.44. The van der Waals surface area contributed by atoms with Crippen molar-refractivity contribution in [3.8, 4) is 0 Å². The Morgan fingerprint density at radius 3 is 2.33 bits per heavy atom. The molecule has 3 nitrogen and oxygen atoms in total. The van der Waals surface area contributed by atoms with E-state index in [4.69, 9.17) is 10.5 Å². The summed E-state index contributed by atoms with van der Waals surface area (Å²) < 4.78 is 4.92. The maximum absolute atomic E-state index is 12.0. The quantitative estimate of drug-likeness (QED) is 0.317. The topological polar surface area (TPSA) is 52.3 Å². The van der Waals surface area contributed by atoms with Crippen molar-refractivity contribution in [2.24, 2.45) is 51.6 Å². The maximum Gasteiger partial charge on any atom is 0.337 e. The third kappa shape index (κ3) is 3.74. The lowest BCUT2D eigenvalue weighted by molar-refractivity contribution is -0.102. The number of benzene rings is 1. The van der Waals surface area contributed by atoms with Crippen LogP contribution in [0.3, 0.4) is 0 Å². The van der Waals surface area contributed by atoms with Crippen molar-refractivity contribution in [2.75, 3.05) is 7.11 Å². The third-order valence-electron chi connectivity index (χ3n) is 12.9. The van der Waals surface area contributed by atoms with Crippen LogP contribution in [-0.4, -0.2) is 18.6 Å². The summed E-state index contributed by atoms with van der Waals surface area (Å²) in [5.41, 5.74) is 14.2. The van der Waals surface area contributed by atoms with E-state index in [9.17, 15) is 4.79 Å². The zero-order chi connectivity index (χ0) is 28.0. The van der Waals surface area contributed by atoms with E-state index in [0.717, 1.165) is 19.3 Å². The maximum atomic E-state index is 12.0. The average molecular weight is 528 g/mol. The van der Waals surface area contributed by atoms with Crippen molar-refractivity contribution < 1.29 is 9.53 Å². The van der Waals surface area contributed by atoms with Crippen LogP contribution < -0.4 is 5.73 Å². The fraction of sp³-hybridized carbons (Fsp3) is 0.639. The van der Waals surface area contributed by atoms with Crippen LogP contribution in [0.2, 0.25) is 0 Å². The number of methoxy groups -OCH3 is 1. The molecule has 5 aliphatic carbocycles. The number of esters is 1. The first-order valence-electron chi connectivity index (χ1n) is 15.4. The molecule has 210 valence electrons. The van der Waals surface area contributed by atoms with E-state index in [1.807, 2.05) is 12.1 Å². The summed E-state index contributed by atoms with van der Waals surface area (Å²) in [4.78, 5) is 12.0. The molecule has 1 aromatic carbocycles. The predicted molar refractivity (Wildman–Crippen MR) is 160 cm³/mol. The van der Waals surface area contributed by atoms with Gasteiger partial charge in [0.25, 0.3) is 0 Å². The van der Waals surface area contributed by atoms with Gasteiger partial charge in [0.15, 0.2) is 0 Å². The molecule has 0 unspecified atom stereocenters. The van der Waals surface area contributed by atoms with Crippen molar-refractivity contribution in [1.82, 2.24) is 0 Å². The van der Waals surface area contributed by atoms with Crippen LogP contribution in [0, 0.1) is 45.8 Å². The Balaban J connectivity index is 1.33. The van der Waals surface area contributed by atoms with Crippen molar-refractivity contribution in [1.29, 1.82) is 0 Å². The number of ether oxygens (including phenoxy) is 1. The Morgan fingerprint density at radius 1 is 0.949 bits per heavy atom. The van der Waals surface area contributed by atoms with Gasteiger partial charge in [-0.15, -0.1) is 0 Å². The number of carbonyl (C=O) groups excluding carboxylic acids is 1. The highest BCUT2D eigenvalue weighted by atomic mass is 16.5. The number of rotatable bonds is 3. The first kappa shape index (κ1) is 27.1. The van der Waals surface area contributed by atoms with E-state index < -0.39 is 0 Å². The first-order valence-corrected chi connectivity index (χ1v) is 15.4. The summed E-state index contributed by atoms with van der Waals surface area (Å²) in [6.07, 6.45) is 14.9. The molecule has 0 aromatic heterocycles. The first-order chi connectivity index (χ1) is 18.4. The third-order valence-corrected chi connectivity index (χ3v) is 12.9. The molecule has 0 amide bonds. The van der Waals surface area contributed by atoms with Gasteiger partial charge in [-0.25, -0.2) is 4.79 Å². The zero-order valence-corrected chi connectivity index (χ0v) is 25.1. The van der Waals surface area contributed by atoms with Crippen molar-refractivity contribution in [2.45, 2.75) is 91.5 Å². The van der Waals surface area contributed by atoms with E-state index in [-0.39, 0.29) is 27.8 Å². The fourth-order valence-electron chi connectivity index (χ4n) is 11.2. The molecule has 6 rings (SSSR count). The molecule has 2 N–H and O–H groups in total. The van der Waals surface area contributed by atoms with Crippen molar-refractivity contribution >= 4 is 11.5 Å². The lowest BCUT2D eigenvalue weighted by Gasteiger charge is -2.66. The van der Waals surface area contributed by atoms with Gasteiger partial charge in [-0.2, -0.15) is 0 Å². The van der Waals surface area contributed by atoms with Crippen LogP contribution in [0.5, 0.6) is 0 Å². The number of fused-ring (bicyclic) bond motifs is 7. The second-order valence-corrected chi connectivity index (χ2v) is 15.0. The molecular formula is C36H49NO2. The van der Waals surface area contributed by atoms with Gasteiger partial charge in [-0.1, -0.05) is 69.7 Å². The normalized spacial score (nSPS) is 42.2. The molecule has 3 saturated carbocycles. The Bertz CT molecular complexity index is 1250. The molecule has 39 heavy (non-hydrogen) atoms. The van der Waals surface area contributed by atoms with E-state index in [1.165, 1.54) is 55.9 Å². The number of hydrogen-bond acceptors (Lipinski definition) is 3. The van der Waals surface area contributed by atoms with E-state index in [2.05, 4.69) is 65.5 Å². The minimum Gasteiger partial charge on any atom is -0.465 e. The van der Waals surface area contributed by atoms with Gasteiger partial charge in [0, 0.05) is 5.54 Å². The zero-order valence-electron chi connectivity index (χ0n) is 25.1. The predicted octanol–water partition coefficient (Wildman–Crippen LogP) is 8.37. The number of allylic oxidation sites excluding steroid dienone is 4. The standard InChI is InChI=1S/C36H49NO2/c1-22(2)25-14-20-36(37)21-16-28-26(31(25)36)12-13-30-34(28,5)19-17-29-33(3,4)27(15-18-35(29,30)6)23-8-10-24(11-9-23)32(38)39-7/h8-11,15-16,25-26,29-31H,1,12-14,17-21,37H2,2-7H3/t25-,26-,29-,30-,31+,34-,35-,36-/m0/s1. The summed E-state index contributed by atoms with van der Waals surface area (Å²) in [6, 6.07) is 8.07. The molecule has 3 fully saturated rings. The van der Waals surface area contributed by atoms with Gasteiger partial charge in [-0.3, -0.25) is 0 Å². The second-order valence-electron chi connectivity index (χ2n) is 15.0. The highest BCUT2D eigenvalue weighted by Gasteiger charge is 2.64. The minimum absolute atomic E-state index is 0.0318. The summed E-state index contributed by atoms with van der Waals surface area (Å²) in [5, 5.41) is 0. The number of hydrogen-bond donors (Lipinski definition) is 1. The van der Waals surface area contributed by atoms with Crippen molar-refractivity contribution in [3.05, 3.63) is 65.3 Å². The molecule has 5 aliphatic rings. The van der Waals surface area contributed by atoms with Crippen LogP contribution >= 0.6 is 0 Å². The molecule has 0 spiro atoms. The molecular weight excluding hydrogens is 478 g/mol. The van der Waals surface area contributed by atoms with Crippen LogP contribution in [0.15, 0.2) is 54.1 Å². The average Bonchev–Trinajstić information content (AvgIpc) is 3.26. The largest absolute Gasteiger partial charge is 0.465 e. The lowest BCUT2D eigenvalue weighted by atomic mass is 9.38. The second kappa shape index (κ2) is 8.93. The summed E-state index contributed by atoms with van der Waals surface area (Å²) in [5.74, 6) is 2.84. The van der Waals surface area contributed by atoms with E-state index >= 15 is 0 Å². The Morgan fingerprint density at radius 2 is 1.67 bits per heavy atom. The van der Waals surface area contributed by atoms with Gasteiger partial charge in [0.2, 0.25) is 0 Å². The Labute approximate surface area is 236 Å². The van der Waals surface area contributed by atoms with Crippen LogP contribution in [-0.2, 0) is 4.74 Å². The molecule has 0 radical (unpaired) electrons. The molecule has 0 aliphatic heterocycles. The minimum atomic E-state index is -0.274. The van der Waals surface area contributed by atoms with Gasteiger partial charge in [-0.05, 0) is 127 Å². The monoisotopic (exact) mass is 527 g/mol. The van der Waals surface area contributed by atoms with Crippen molar-refractivity contribution in [3.63, 3.8) is 0 Å². The van der Waals surface area contributed by atoms with E-state index in [0.29, 0.717) is 35.2 Å². The van der Waals surface area contributed by atoms with Crippen LogP contribution in [0.25, 0.3) is 5.57 Å². The smallest absolute Gasteiger partial charge is 0.337 e. The van der Waals surface area contributed by atoms with Gasteiger partial charge >= 0.3 is 5.97 Å².